The van der Waals surface area contributed by atoms with E-state index in [2.05, 4.69) is 10.6 Å². The third-order valence-electron chi connectivity index (χ3n) is 3.41. The molecule has 3 N–H and O–H groups in total. The highest BCUT2D eigenvalue weighted by molar-refractivity contribution is 5.78. The highest BCUT2D eigenvalue weighted by Crippen LogP contribution is 2.19. The third-order valence-corrected chi connectivity index (χ3v) is 3.41. The molecule has 0 aromatic carbocycles. The van der Waals surface area contributed by atoms with Crippen LogP contribution in [0, 0.1) is 0 Å². The summed E-state index contributed by atoms with van der Waals surface area (Å²) in [6.45, 7) is 0.710. The fourth-order valence-electron chi connectivity index (χ4n) is 2.51. The number of amides is 1. The number of aliphatic hydroxyl groups excluding tert-OH is 1. The van der Waals surface area contributed by atoms with E-state index in [0.717, 1.165) is 19.3 Å². The quantitative estimate of drug-likeness (QED) is 0.571. The summed E-state index contributed by atoms with van der Waals surface area (Å²) in [5.74, 6) is 0.121. The predicted molar refractivity (Wildman–Crippen MR) is 57.4 cm³/mol. The maximum absolute atomic E-state index is 11.0. The van der Waals surface area contributed by atoms with Crippen molar-refractivity contribution in [1.29, 1.82) is 0 Å². The molecule has 3 atom stereocenters. The zero-order valence-electron chi connectivity index (χ0n) is 9.04. The summed E-state index contributed by atoms with van der Waals surface area (Å²) in [5.41, 5.74) is 0. The van der Waals surface area contributed by atoms with Gasteiger partial charge < -0.3 is 15.7 Å². The molecule has 0 aromatic heterocycles. The van der Waals surface area contributed by atoms with E-state index < -0.39 is 0 Å². The van der Waals surface area contributed by atoms with E-state index in [4.69, 9.17) is 0 Å². The number of nitrogens with one attached hydrogen (secondary N) is 2. The van der Waals surface area contributed by atoms with Crippen LogP contribution >= 0.6 is 0 Å². The number of aliphatic hydroxyl groups is 1. The molecule has 4 nitrogen and oxygen atoms in total. The molecule has 1 aliphatic heterocycles. The van der Waals surface area contributed by atoms with E-state index in [0.29, 0.717) is 13.0 Å². The Morgan fingerprint density at radius 1 is 1.27 bits per heavy atom. The molecule has 3 unspecified atom stereocenters. The van der Waals surface area contributed by atoms with Gasteiger partial charge in [-0.25, -0.2) is 0 Å². The second-order valence-corrected chi connectivity index (χ2v) is 4.68. The maximum Gasteiger partial charge on any atom is 0.221 e. The molecular formula is C11H20N2O2. The smallest absolute Gasteiger partial charge is 0.221 e. The van der Waals surface area contributed by atoms with E-state index in [1.807, 2.05) is 0 Å². The van der Waals surface area contributed by atoms with Crippen LogP contribution in [0.25, 0.3) is 0 Å². The number of rotatable bonds is 2. The molecule has 0 aromatic rings. The van der Waals surface area contributed by atoms with Gasteiger partial charge in [-0.2, -0.15) is 0 Å². The monoisotopic (exact) mass is 212 g/mol. The van der Waals surface area contributed by atoms with E-state index in [1.54, 1.807) is 0 Å². The van der Waals surface area contributed by atoms with Crippen LogP contribution in [0.5, 0.6) is 0 Å². The summed E-state index contributed by atoms with van der Waals surface area (Å²) in [4.78, 5) is 11.0. The summed E-state index contributed by atoms with van der Waals surface area (Å²) >= 11 is 0. The van der Waals surface area contributed by atoms with Crippen LogP contribution in [-0.4, -0.2) is 35.7 Å². The Balaban J connectivity index is 1.83. The normalized spacial score (nSPS) is 37.4. The summed E-state index contributed by atoms with van der Waals surface area (Å²) < 4.78 is 0. The Hall–Kier alpha value is -0.610. The van der Waals surface area contributed by atoms with E-state index in [-0.39, 0.29) is 24.1 Å². The van der Waals surface area contributed by atoms with Crippen molar-refractivity contribution in [3.8, 4) is 0 Å². The van der Waals surface area contributed by atoms with Crippen LogP contribution in [0.1, 0.15) is 38.5 Å². The molecular weight excluding hydrogens is 192 g/mol. The van der Waals surface area contributed by atoms with Crippen molar-refractivity contribution in [1.82, 2.24) is 10.6 Å². The van der Waals surface area contributed by atoms with Crippen molar-refractivity contribution < 1.29 is 9.90 Å². The largest absolute Gasteiger partial charge is 0.392 e. The average molecular weight is 212 g/mol. The van der Waals surface area contributed by atoms with Crippen molar-refractivity contribution in [3.05, 3.63) is 0 Å². The lowest BCUT2D eigenvalue weighted by Gasteiger charge is -2.24. The van der Waals surface area contributed by atoms with Crippen LogP contribution in [0.15, 0.2) is 0 Å². The van der Waals surface area contributed by atoms with Gasteiger partial charge in [0, 0.05) is 25.0 Å². The van der Waals surface area contributed by atoms with Gasteiger partial charge in [-0.3, -0.25) is 4.79 Å². The first-order valence-electron chi connectivity index (χ1n) is 5.96. The van der Waals surface area contributed by atoms with Crippen LogP contribution in [-0.2, 0) is 4.79 Å². The molecule has 2 aliphatic rings. The number of carbonyl (C=O) groups excluding carboxylic acids is 1. The van der Waals surface area contributed by atoms with Gasteiger partial charge in [-0.1, -0.05) is 19.3 Å². The molecule has 0 radical (unpaired) electrons. The average Bonchev–Trinajstić information content (AvgIpc) is 2.50. The van der Waals surface area contributed by atoms with Crippen LogP contribution in [0.4, 0.5) is 0 Å². The van der Waals surface area contributed by atoms with E-state index >= 15 is 0 Å². The molecule has 1 heterocycles. The van der Waals surface area contributed by atoms with E-state index in [9.17, 15) is 9.90 Å². The Morgan fingerprint density at radius 2 is 2.07 bits per heavy atom. The van der Waals surface area contributed by atoms with Crippen LogP contribution < -0.4 is 10.6 Å². The molecule has 0 bridgehead atoms. The maximum atomic E-state index is 11.0. The van der Waals surface area contributed by atoms with Gasteiger partial charge in [0.25, 0.3) is 0 Å². The SMILES string of the molecule is O=C1CC(NC2CCCCCC2O)CN1. The van der Waals surface area contributed by atoms with Gasteiger partial charge in [0.15, 0.2) is 0 Å². The molecule has 2 rings (SSSR count). The van der Waals surface area contributed by atoms with E-state index in [1.165, 1.54) is 12.8 Å². The molecule has 15 heavy (non-hydrogen) atoms. The molecule has 4 heteroatoms. The fourth-order valence-corrected chi connectivity index (χ4v) is 2.51. The summed E-state index contributed by atoms with van der Waals surface area (Å²) in [6, 6.07) is 0.403. The lowest BCUT2D eigenvalue weighted by molar-refractivity contribution is -0.119. The van der Waals surface area contributed by atoms with Crippen molar-refractivity contribution in [2.45, 2.75) is 56.7 Å². The van der Waals surface area contributed by atoms with Gasteiger partial charge in [0.2, 0.25) is 5.91 Å². The molecule has 1 saturated carbocycles. The second kappa shape index (κ2) is 4.94. The standard InChI is InChI=1S/C11H20N2O2/c14-10-5-3-1-2-4-9(10)13-8-6-11(15)12-7-8/h8-10,13-14H,1-7H2,(H,12,15). The van der Waals surface area contributed by atoms with Gasteiger partial charge >= 0.3 is 0 Å². The summed E-state index contributed by atoms with van der Waals surface area (Å²) in [5, 5.41) is 16.1. The first-order valence-corrected chi connectivity index (χ1v) is 5.96. The Kier molecular flexibility index (Phi) is 3.59. The molecule has 86 valence electrons. The molecule has 1 amide bonds. The van der Waals surface area contributed by atoms with Gasteiger partial charge in [0.1, 0.15) is 0 Å². The van der Waals surface area contributed by atoms with Crippen LogP contribution in [0.3, 0.4) is 0 Å². The van der Waals surface area contributed by atoms with Gasteiger partial charge in [0.05, 0.1) is 6.10 Å². The minimum Gasteiger partial charge on any atom is -0.392 e. The third kappa shape index (κ3) is 2.92. The zero-order valence-corrected chi connectivity index (χ0v) is 9.04. The Morgan fingerprint density at radius 3 is 2.80 bits per heavy atom. The van der Waals surface area contributed by atoms with Gasteiger partial charge in [-0.15, -0.1) is 0 Å². The highest BCUT2D eigenvalue weighted by Gasteiger charge is 2.27. The van der Waals surface area contributed by atoms with Crippen LogP contribution in [0.2, 0.25) is 0 Å². The minimum atomic E-state index is -0.233. The number of hydrogen-bond acceptors (Lipinski definition) is 3. The van der Waals surface area contributed by atoms with Crippen molar-refractivity contribution in [2.75, 3.05) is 6.54 Å². The molecule has 1 aliphatic carbocycles. The second-order valence-electron chi connectivity index (χ2n) is 4.68. The Bertz CT molecular complexity index is 233. The van der Waals surface area contributed by atoms with Crippen molar-refractivity contribution in [2.24, 2.45) is 0 Å². The van der Waals surface area contributed by atoms with Gasteiger partial charge in [-0.05, 0) is 12.8 Å². The lowest BCUT2D eigenvalue weighted by Crippen LogP contribution is -2.45. The van der Waals surface area contributed by atoms with Crippen molar-refractivity contribution >= 4 is 5.91 Å². The predicted octanol–water partition coefficient (Wildman–Crippen LogP) is 0.158. The summed E-state index contributed by atoms with van der Waals surface area (Å²) in [7, 11) is 0. The molecule has 1 saturated heterocycles. The molecule has 2 fully saturated rings. The number of carbonyl (C=O) groups is 1. The number of hydrogen-bond donors (Lipinski definition) is 3. The molecule has 0 spiro atoms. The topological polar surface area (TPSA) is 61.4 Å². The lowest BCUT2D eigenvalue weighted by atomic mass is 10.0. The highest BCUT2D eigenvalue weighted by atomic mass is 16.3. The summed E-state index contributed by atoms with van der Waals surface area (Å²) in [6.07, 6.45) is 5.78. The first kappa shape index (κ1) is 10.9. The zero-order chi connectivity index (χ0) is 10.7. The Labute approximate surface area is 90.4 Å². The first-order chi connectivity index (χ1) is 7.25. The fraction of sp³-hybridized carbons (Fsp3) is 0.909. The van der Waals surface area contributed by atoms with Crippen molar-refractivity contribution in [3.63, 3.8) is 0 Å². The minimum absolute atomic E-state index is 0.121.